The Bertz CT molecular complexity index is 563. The van der Waals surface area contributed by atoms with Gasteiger partial charge in [-0.05, 0) is 32.2 Å². The number of aromatic nitrogens is 1. The molecule has 1 aromatic heterocycles. The topological polar surface area (TPSA) is 67.2 Å². The first kappa shape index (κ1) is 13.3. The molecule has 0 saturated carbocycles. The summed E-state index contributed by atoms with van der Waals surface area (Å²) >= 11 is 0. The molecule has 0 saturated heterocycles. The maximum Gasteiger partial charge on any atom is 0.226 e. The van der Waals surface area contributed by atoms with Crippen LogP contribution in [0.5, 0.6) is 0 Å². The van der Waals surface area contributed by atoms with E-state index in [0.717, 1.165) is 16.9 Å². The van der Waals surface area contributed by atoms with E-state index in [9.17, 15) is 4.79 Å². The molecule has 0 spiro atoms. The van der Waals surface area contributed by atoms with E-state index < -0.39 is 0 Å². The molecule has 5 heteroatoms. The first-order chi connectivity index (χ1) is 9.19. The first-order valence-electron chi connectivity index (χ1n) is 6.16. The van der Waals surface area contributed by atoms with Gasteiger partial charge in [0.2, 0.25) is 11.8 Å². The molecular formula is C14H17N3O2. The van der Waals surface area contributed by atoms with Gasteiger partial charge in [-0.1, -0.05) is 6.07 Å². The van der Waals surface area contributed by atoms with Crippen LogP contribution in [0.3, 0.4) is 0 Å². The Labute approximate surface area is 112 Å². The van der Waals surface area contributed by atoms with Crippen LogP contribution in [-0.2, 0) is 4.79 Å². The number of nitrogens with zero attached hydrogens (tertiary/aromatic N) is 1. The van der Waals surface area contributed by atoms with Crippen LogP contribution in [0, 0.1) is 6.92 Å². The number of amides is 1. The third-order valence-corrected chi connectivity index (χ3v) is 2.61. The maximum atomic E-state index is 11.6. The number of anilines is 1. The summed E-state index contributed by atoms with van der Waals surface area (Å²) < 4.78 is 5.34. The Hall–Kier alpha value is -2.14. The molecule has 0 atom stereocenters. The van der Waals surface area contributed by atoms with E-state index in [2.05, 4.69) is 15.6 Å². The summed E-state index contributed by atoms with van der Waals surface area (Å²) in [6.45, 7) is 2.53. The average Bonchev–Trinajstić information content (AvgIpc) is 2.83. The molecule has 100 valence electrons. The molecule has 2 N–H and O–H groups in total. The lowest BCUT2D eigenvalue weighted by molar-refractivity contribution is -0.116. The van der Waals surface area contributed by atoms with Crippen LogP contribution < -0.4 is 10.6 Å². The molecule has 0 aliphatic rings. The van der Waals surface area contributed by atoms with E-state index in [-0.39, 0.29) is 5.91 Å². The predicted molar refractivity (Wildman–Crippen MR) is 73.8 cm³/mol. The second-order valence-electron chi connectivity index (χ2n) is 4.28. The number of aryl methyl sites for hydroxylation is 1. The van der Waals surface area contributed by atoms with E-state index in [1.54, 1.807) is 6.26 Å². The lowest BCUT2D eigenvalue weighted by atomic mass is 10.2. The fourth-order valence-electron chi connectivity index (χ4n) is 1.68. The summed E-state index contributed by atoms with van der Waals surface area (Å²) in [7, 11) is 1.82. The van der Waals surface area contributed by atoms with Gasteiger partial charge in [0.15, 0.2) is 0 Å². The number of nitrogens with one attached hydrogen (secondary N) is 2. The number of rotatable bonds is 5. The summed E-state index contributed by atoms with van der Waals surface area (Å²) in [5.41, 5.74) is 2.42. The summed E-state index contributed by atoms with van der Waals surface area (Å²) in [5, 5.41) is 5.78. The van der Waals surface area contributed by atoms with Crippen molar-refractivity contribution < 1.29 is 9.21 Å². The number of hydrogen-bond acceptors (Lipinski definition) is 4. The molecule has 0 fully saturated rings. The molecule has 0 aliphatic heterocycles. The first-order valence-corrected chi connectivity index (χ1v) is 6.16. The van der Waals surface area contributed by atoms with Crippen LogP contribution in [0.25, 0.3) is 11.5 Å². The van der Waals surface area contributed by atoms with E-state index >= 15 is 0 Å². The molecule has 1 aromatic carbocycles. The molecule has 2 aromatic rings. The van der Waals surface area contributed by atoms with Gasteiger partial charge in [-0.15, -0.1) is 0 Å². The summed E-state index contributed by atoms with van der Waals surface area (Å²) in [4.78, 5) is 15.9. The Kier molecular flexibility index (Phi) is 4.30. The number of oxazole rings is 1. The van der Waals surface area contributed by atoms with Crippen molar-refractivity contribution in [1.82, 2.24) is 10.3 Å². The fraction of sp³-hybridized carbons (Fsp3) is 0.286. The summed E-state index contributed by atoms with van der Waals surface area (Å²) in [5.74, 6) is 0.541. The fourth-order valence-corrected chi connectivity index (χ4v) is 1.68. The van der Waals surface area contributed by atoms with Crippen molar-refractivity contribution in [2.24, 2.45) is 0 Å². The standard InChI is InChI=1S/C14H17N3O2/c1-10-9-19-14(16-10)11-4-3-5-12(8-11)17-13(18)6-7-15-2/h3-5,8-9,15H,6-7H2,1-2H3,(H,17,18). The highest BCUT2D eigenvalue weighted by molar-refractivity contribution is 5.91. The predicted octanol–water partition coefficient (Wildman–Crippen LogP) is 2.20. The molecule has 1 heterocycles. The van der Waals surface area contributed by atoms with E-state index in [0.29, 0.717) is 18.9 Å². The number of benzene rings is 1. The van der Waals surface area contributed by atoms with Gasteiger partial charge in [-0.2, -0.15) is 0 Å². The van der Waals surface area contributed by atoms with Gasteiger partial charge >= 0.3 is 0 Å². The zero-order valence-electron chi connectivity index (χ0n) is 11.1. The van der Waals surface area contributed by atoms with Crippen molar-refractivity contribution in [3.8, 4) is 11.5 Å². The second kappa shape index (κ2) is 6.15. The minimum absolute atomic E-state index is 0.0184. The van der Waals surface area contributed by atoms with Gasteiger partial charge in [0.25, 0.3) is 0 Å². The zero-order chi connectivity index (χ0) is 13.7. The van der Waals surface area contributed by atoms with Gasteiger partial charge in [-0.3, -0.25) is 4.79 Å². The summed E-state index contributed by atoms with van der Waals surface area (Å²) in [6, 6.07) is 7.45. The lowest BCUT2D eigenvalue weighted by Gasteiger charge is -2.06. The number of carbonyl (C=O) groups excluding carboxylic acids is 1. The third-order valence-electron chi connectivity index (χ3n) is 2.61. The van der Waals surface area contributed by atoms with E-state index in [1.165, 1.54) is 0 Å². The van der Waals surface area contributed by atoms with Crippen LogP contribution in [0.2, 0.25) is 0 Å². The van der Waals surface area contributed by atoms with Crippen molar-refractivity contribution in [1.29, 1.82) is 0 Å². The quantitative estimate of drug-likeness (QED) is 0.863. The Morgan fingerprint density at radius 2 is 2.26 bits per heavy atom. The zero-order valence-corrected chi connectivity index (χ0v) is 11.1. The van der Waals surface area contributed by atoms with Crippen molar-refractivity contribution in [2.45, 2.75) is 13.3 Å². The van der Waals surface area contributed by atoms with E-state index in [4.69, 9.17) is 4.42 Å². The highest BCUT2D eigenvalue weighted by Crippen LogP contribution is 2.21. The smallest absolute Gasteiger partial charge is 0.226 e. The van der Waals surface area contributed by atoms with Crippen LogP contribution in [0.1, 0.15) is 12.1 Å². The van der Waals surface area contributed by atoms with Gasteiger partial charge in [-0.25, -0.2) is 4.98 Å². The van der Waals surface area contributed by atoms with Crippen LogP contribution in [0.15, 0.2) is 34.9 Å². The van der Waals surface area contributed by atoms with Crippen LogP contribution in [0.4, 0.5) is 5.69 Å². The Balaban J connectivity index is 2.09. The lowest BCUT2D eigenvalue weighted by Crippen LogP contribution is -2.18. The molecule has 5 nitrogen and oxygen atoms in total. The van der Waals surface area contributed by atoms with Crippen molar-refractivity contribution in [2.75, 3.05) is 18.9 Å². The molecule has 0 unspecified atom stereocenters. The van der Waals surface area contributed by atoms with Gasteiger partial charge in [0, 0.05) is 24.2 Å². The highest BCUT2D eigenvalue weighted by Gasteiger charge is 2.07. The minimum Gasteiger partial charge on any atom is -0.444 e. The minimum atomic E-state index is -0.0184. The maximum absolute atomic E-state index is 11.6. The largest absolute Gasteiger partial charge is 0.444 e. The summed E-state index contributed by atoms with van der Waals surface area (Å²) in [6.07, 6.45) is 2.05. The Morgan fingerprint density at radius 1 is 1.42 bits per heavy atom. The number of hydrogen-bond donors (Lipinski definition) is 2. The normalized spacial score (nSPS) is 10.4. The van der Waals surface area contributed by atoms with Crippen molar-refractivity contribution >= 4 is 11.6 Å². The second-order valence-corrected chi connectivity index (χ2v) is 4.28. The van der Waals surface area contributed by atoms with Gasteiger partial charge in [0.05, 0.1) is 5.69 Å². The molecule has 19 heavy (non-hydrogen) atoms. The van der Waals surface area contributed by atoms with Crippen molar-refractivity contribution in [3.05, 3.63) is 36.2 Å². The van der Waals surface area contributed by atoms with Crippen LogP contribution in [-0.4, -0.2) is 24.5 Å². The molecule has 1 amide bonds. The highest BCUT2D eigenvalue weighted by atomic mass is 16.3. The molecule has 0 bridgehead atoms. The van der Waals surface area contributed by atoms with E-state index in [1.807, 2.05) is 38.2 Å². The third kappa shape index (κ3) is 3.66. The average molecular weight is 259 g/mol. The number of carbonyl (C=O) groups is 1. The molecule has 0 radical (unpaired) electrons. The van der Waals surface area contributed by atoms with Crippen molar-refractivity contribution in [3.63, 3.8) is 0 Å². The monoisotopic (exact) mass is 259 g/mol. The van der Waals surface area contributed by atoms with Gasteiger partial charge < -0.3 is 15.1 Å². The van der Waals surface area contributed by atoms with Gasteiger partial charge in [0.1, 0.15) is 6.26 Å². The molecular weight excluding hydrogens is 242 g/mol. The molecule has 2 rings (SSSR count). The Morgan fingerprint density at radius 3 is 2.95 bits per heavy atom. The van der Waals surface area contributed by atoms with Crippen LogP contribution >= 0.6 is 0 Å². The SMILES string of the molecule is CNCCC(=O)Nc1cccc(-c2nc(C)co2)c1. The molecule has 0 aliphatic carbocycles.